The largest absolute Gasteiger partial charge is 0.370 e. The summed E-state index contributed by atoms with van der Waals surface area (Å²) in [7, 11) is -3.25. The second-order valence-corrected chi connectivity index (χ2v) is 8.95. The highest BCUT2D eigenvalue weighted by molar-refractivity contribution is 7.90. The normalized spacial score (nSPS) is 15.9. The molecule has 1 saturated heterocycles. The van der Waals surface area contributed by atoms with E-state index in [2.05, 4.69) is 15.1 Å². The zero-order valence-electron chi connectivity index (χ0n) is 15.8. The number of carbonyl (C=O) groups excluding carboxylic acids is 1. The summed E-state index contributed by atoms with van der Waals surface area (Å²) >= 11 is 0. The number of halogens is 1. The Bertz CT molecular complexity index is 915. The Morgan fingerprint density at radius 1 is 1.00 bits per heavy atom. The van der Waals surface area contributed by atoms with E-state index in [1.54, 1.807) is 24.3 Å². The van der Waals surface area contributed by atoms with Gasteiger partial charge in [0.05, 0.1) is 11.4 Å². The molecule has 1 aliphatic heterocycles. The predicted octanol–water partition coefficient (Wildman–Crippen LogP) is 2.38. The summed E-state index contributed by atoms with van der Waals surface area (Å²) in [5.74, 6) is -0.385. The van der Waals surface area contributed by atoms with Gasteiger partial charge in [-0.05, 0) is 55.0 Å². The maximum atomic E-state index is 13.1. The summed E-state index contributed by atoms with van der Waals surface area (Å²) in [6, 6.07) is 12.6. The van der Waals surface area contributed by atoms with E-state index in [0.29, 0.717) is 5.69 Å². The molecule has 3 rings (SSSR count). The summed E-state index contributed by atoms with van der Waals surface area (Å²) in [6.07, 6.45) is 2.06. The summed E-state index contributed by atoms with van der Waals surface area (Å²) in [5, 5.41) is 2.81. The third kappa shape index (κ3) is 5.53. The van der Waals surface area contributed by atoms with Crippen LogP contribution in [0.2, 0.25) is 0 Å². The molecule has 150 valence electrons. The van der Waals surface area contributed by atoms with Gasteiger partial charge < -0.3 is 10.2 Å². The molecule has 0 aromatic heterocycles. The van der Waals surface area contributed by atoms with Gasteiger partial charge in [-0.25, -0.2) is 12.8 Å². The van der Waals surface area contributed by atoms with E-state index in [-0.39, 0.29) is 23.2 Å². The Labute approximate surface area is 164 Å². The van der Waals surface area contributed by atoms with Crippen LogP contribution in [0.5, 0.6) is 0 Å². The van der Waals surface area contributed by atoms with Gasteiger partial charge in [-0.15, -0.1) is 0 Å². The van der Waals surface area contributed by atoms with Gasteiger partial charge in [-0.1, -0.05) is 0 Å². The monoisotopic (exact) mass is 405 g/mol. The second kappa shape index (κ2) is 8.70. The second-order valence-electron chi connectivity index (χ2n) is 6.94. The van der Waals surface area contributed by atoms with Crippen LogP contribution in [0.15, 0.2) is 53.4 Å². The fourth-order valence-electron chi connectivity index (χ4n) is 3.23. The fourth-order valence-corrected chi connectivity index (χ4v) is 3.86. The molecule has 2 aromatic rings. The van der Waals surface area contributed by atoms with Crippen LogP contribution in [-0.2, 0) is 14.6 Å². The number of rotatable bonds is 5. The first-order valence-electron chi connectivity index (χ1n) is 9.14. The van der Waals surface area contributed by atoms with Gasteiger partial charge in [-0.3, -0.25) is 9.69 Å². The van der Waals surface area contributed by atoms with Crippen LogP contribution in [-0.4, -0.2) is 58.2 Å². The quantitative estimate of drug-likeness (QED) is 0.827. The van der Waals surface area contributed by atoms with E-state index >= 15 is 0 Å². The van der Waals surface area contributed by atoms with Crippen molar-refractivity contribution in [3.63, 3.8) is 0 Å². The molecular formula is C20H24FN3O3S. The van der Waals surface area contributed by atoms with Crippen LogP contribution in [0.1, 0.15) is 6.42 Å². The lowest BCUT2D eigenvalue weighted by Gasteiger charge is -2.23. The lowest BCUT2D eigenvalue weighted by atomic mass is 10.2. The van der Waals surface area contributed by atoms with E-state index in [4.69, 9.17) is 0 Å². The molecular weight excluding hydrogens is 381 g/mol. The van der Waals surface area contributed by atoms with Crippen LogP contribution in [0.3, 0.4) is 0 Å². The van der Waals surface area contributed by atoms with Crippen molar-refractivity contribution in [2.75, 3.05) is 49.2 Å². The zero-order chi connectivity index (χ0) is 20.1. The van der Waals surface area contributed by atoms with Gasteiger partial charge in [0, 0.05) is 43.8 Å². The molecule has 0 spiro atoms. The van der Waals surface area contributed by atoms with Crippen molar-refractivity contribution in [1.82, 2.24) is 4.90 Å². The number of amides is 1. The first kappa shape index (κ1) is 20.3. The highest BCUT2D eigenvalue weighted by atomic mass is 32.2. The molecule has 0 aliphatic carbocycles. The molecule has 8 heteroatoms. The van der Waals surface area contributed by atoms with Gasteiger partial charge >= 0.3 is 0 Å². The Morgan fingerprint density at radius 2 is 1.68 bits per heavy atom. The molecule has 1 aliphatic rings. The molecule has 1 amide bonds. The van der Waals surface area contributed by atoms with Crippen LogP contribution in [0, 0.1) is 5.82 Å². The minimum Gasteiger partial charge on any atom is -0.370 e. The predicted molar refractivity (Wildman–Crippen MR) is 108 cm³/mol. The maximum Gasteiger partial charge on any atom is 0.238 e. The maximum absolute atomic E-state index is 13.1. The van der Waals surface area contributed by atoms with Crippen LogP contribution in [0.4, 0.5) is 15.8 Å². The zero-order valence-corrected chi connectivity index (χ0v) is 16.6. The number of benzene rings is 2. The number of hydrogen-bond acceptors (Lipinski definition) is 5. The number of nitrogens with zero attached hydrogens (tertiary/aromatic N) is 2. The highest BCUT2D eigenvalue weighted by Crippen LogP contribution is 2.17. The van der Waals surface area contributed by atoms with E-state index in [9.17, 15) is 17.6 Å². The number of carbonyl (C=O) groups is 1. The summed E-state index contributed by atoms with van der Waals surface area (Å²) < 4.78 is 36.1. The van der Waals surface area contributed by atoms with Crippen molar-refractivity contribution in [2.24, 2.45) is 0 Å². The van der Waals surface area contributed by atoms with Gasteiger partial charge in [0.1, 0.15) is 5.82 Å². The van der Waals surface area contributed by atoms with E-state index in [1.165, 1.54) is 24.3 Å². The minimum absolute atomic E-state index is 0.137. The Kier molecular flexibility index (Phi) is 6.31. The average Bonchev–Trinajstić information content (AvgIpc) is 2.87. The third-order valence-electron chi connectivity index (χ3n) is 4.71. The first-order chi connectivity index (χ1) is 13.3. The molecule has 1 fully saturated rings. The number of nitrogens with one attached hydrogen (secondary N) is 1. The topological polar surface area (TPSA) is 69.7 Å². The third-order valence-corrected chi connectivity index (χ3v) is 5.84. The van der Waals surface area contributed by atoms with E-state index in [1.807, 2.05) is 0 Å². The van der Waals surface area contributed by atoms with Crippen molar-refractivity contribution in [2.45, 2.75) is 11.3 Å². The number of hydrogen-bond donors (Lipinski definition) is 1. The average molecular weight is 405 g/mol. The van der Waals surface area contributed by atoms with Crippen molar-refractivity contribution >= 4 is 27.1 Å². The number of anilines is 2. The minimum atomic E-state index is -3.25. The van der Waals surface area contributed by atoms with Crippen molar-refractivity contribution in [3.05, 3.63) is 54.3 Å². The standard InChI is InChI=1S/C20H24FN3O3S/c1-28(26,27)19-9-5-17(6-10-19)22-20(25)15-23-11-2-12-24(14-13-23)18-7-3-16(21)4-8-18/h3-10H,2,11-15H2,1H3,(H,22,25). The molecule has 1 N–H and O–H groups in total. The molecule has 1 heterocycles. The van der Waals surface area contributed by atoms with Gasteiger partial charge in [0.15, 0.2) is 9.84 Å². The van der Waals surface area contributed by atoms with Gasteiger partial charge in [0.25, 0.3) is 0 Å². The SMILES string of the molecule is CS(=O)(=O)c1ccc(NC(=O)CN2CCCN(c3ccc(F)cc3)CC2)cc1. The Balaban J connectivity index is 1.52. The Hall–Kier alpha value is -2.45. The molecule has 2 aromatic carbocycles. The van der Waals surface area contributed by atoms with Crippen molar-refractivity contribution in [3.8, 4) is 0 Å². The van der Waals surface area contributed by atoms with Gasteiger partial charge in [-0.2, -0.15) is 0 Å². The summed E-state index contributed by atoms with van der Waals surface area (Å²) in [4.78, 5) is 16.8. The van der Waals surface area contributed by atoms with Crippen molar-refractivity contribution < 1.29 is 17.6 Å². The molecule has 6 nitrogen and oxygen atoms in total. The first-order valence-corrected chi connectivity index (χ1v) is 11.0. The molecule has 0 atom stereocenters. The lowest BCUT2D eigenvalue weighted by molar-refractivity contribution is -0.117. The Morgan fingerprint density at radius 3 is 2.32 bits per heavy atom. The highest BCUT2D eigenvalue weighted by Gasteiger charge is 2.17. The molecule has 28 heavy (non-hydrogen) atoms. The number of sulfone groups is 1. The van der Waals surface area contributed by atoms with Crippen LogP contribution in [0.25, 0.3) is 0 Å². The fraction of sp³-hybridized carbons (Fsp3) is 0.350. The smallest absolute Gasteiger partial charge is 0.238 e. The molecule has 0 bridgehead atoms. The van der Waals surface area contributed by atoms with Gasteiger partial charge in [0.2, 0.25) is 5.91 Å². The summed E-state index contributed by atoms with van der Waals surface area (Å²) in [6.45, 7) is 3.43. The van der Waals surface area contributed by atoms with E-state index in [0.717, 1.165) is 44.5 Å². The molecule has 0 saturated carbocycles. The lowest BCUT2D eigenvalue weighted by Crippen LogP contribution is -2.36. The van der Waals surface area contributed by atoms with Crippen LogP contribution >= 0.6 is 0 Å². The van der Waals surface area contributed by atoms with Crippen molar-refractivity contribution in [1.29, 1.82) is 0 Å². The van der Waals surface area contributed by atoms with E-state index < -0.39 is 9.84 Å². The molecule has 0 unspecified atom stereocenters. The molecule has 0 radical (unpaired) electrons. The summed E-state index contributed by atoms with van der Waals surface area (Å²) in [5.41, 5.74) is 1.55. The van der Waals surface area contributed by atoms with Crippen LogP contribution < -0.4 is 10.2 Å².